The van der Waals surface area contributed by atoms with Gasteiger partial charge in [0.1, 0.15) is 0 Å². The molecule has 0 saturated carbocycles. The van der Waals surface area contributed by atoms with Crippen molar-refractivity contribution in [2.45, 2.75) is 35.0 Å². The Morgan fingerprint density at radius 1 is 1.26 bits per heavy atom. The Kier molecular flexibility index (Phi) is 6.08. The molecule has 0 spiro atoms. The van der Waals surface area contributed by atoms with Crippen LogP contribution in [0.5, 0.6) is 0 Å². The molecular weight excluding hydrogens is 304 g/mol. The first-order valence-electron chi connectivity index (χ1n) is 5.42. The van der Waals surface area contributed by atoms with Gasteiger partial charge in [0.05, 0.1) is 5.75 Å². The maximum Gasteiger partial charge on any atom is 0.321 e. The molecule has 0 unspecified atom stereocenters. The largest absolute Gasteiger partial charge is 0.333 e. The zero-order valence-electron chi connectivity index (χ0n) is 11.1. The molecule has 3 amide bonds. The zero-order chi connectivity index (χ0) is 14.5. The molecule has 1 rings (SSSR count). The molecule has 0 bridgehead atoms. The van der Waals surface area contributed by atoms with Gasteiger partial charge in [-0.1, -0.05) is 34.9 Å². The van der Waals surface area contributed by atoms with Crippen LogP contribution in [0.25, 0.3) is 0 Å². The van der Waals surface area contributed by atoms with Gasteiger partial charge in [-0.3, -0.25) is 10.1 Å². The Morgan fingerprint density at radius 3 is 2.42 bits per heavy atom. The van der Waals surface area contributed by atoms with Gasteiger partial charge in [-0.15, -0.1) is 10.2 Å². The van der Waals surface area contributed by atoms with Crippen molar-refractivity contribution in [3.8, 4) is 0 Å². The topological polar surface area (TPSA) is 84.0 Å². The van der Waals surface area contributed by atoms with Crippen LogP contribution in [-0.4, -0.2) is 39.7 Å². The van der Waals surface area contributed by atoms with Crippen LogP contribution in [-0.2, 0) is 4.79 Å². The lowest BCUT2D eigenvalue weighted by atomic mass is 10.1. The van der Waals surface area contributed by atoms with Crippen LogP contribution in [0.3, 0.4) is 0 Å². The third kappa shape index (κ3) is 6.79. The number of nitrogens with zero attached hydrogens (tertiary/aromatic N) is 2. The van der Waals surface area contributed by atoms with Crippen molar-refractivity contribution in [3.05, 3.63) is 0 Å². The number of carbonyl (C=O) groups excluding carboxylic acids is 2. The molecule has 0 aliphatic heterocycles. The highest BCUT2D eigenvalue weighted by atomic mass is 32.2. The number of hydrogen-bond acceptors (Lipinski definition) is 7. The standard InChI is InChI=1S/C10H16N4O2S3/c1-10(2,3)12-7(16)11-6(15)5-18-9-14-13-8(17-4)19-9/h5H2,1-4H3,(H2,11,12,15,16). The fraction of sp³-hybridized carbons (Fsp3) is 0.600. The van der Waals surface area contributed by atoms with E-state index in [-0.39, 0.29) is 17.2 Å². The average molecular weight is 320 g/mol. The van der Waals surface area contributed by atoms with Gasteiger partial charge in [-0.05, 0) is 27.0 Å². The van der Waals surface area contributed by atoms with Crippen LogP contribution in [0.15, 0.2) is 8.68 Å². The summed E-state index contributed by atoms with van der Waals surface area (Å²) in [6.45, 7) is 5.53. The van der Waals surface area contributed by atoms with Crippen LogP contribution in [0.4, 0.5) is 4.79 Å². The molecule has 1 heterocycles. The molecule has 19 heavy (non-hydrogen) atoms. The van der Waals surface area contributed by atoms with Gasteiger partial charge in [0.2, 0.25) is 5.91 Å². The highest BCUT2D eigenvalue weighted by Crippen LogP contribution is 2.26. The molecule has 0 radical (unpaired) electrons. The molecule has 106 valence electrons. The van der Waals surface area contributed by atoms with Crippen LogP contribution in [0.2, 0.25) is 0 Å². The number of carbonyl (C=O) groups is 2. The van der Waals surface area contributed by atoms with Gasteiger partial charge >= 0.3 is 6.03 Å². The van der Waals surface area contributed by atoms with Crippen molar-refractivity contribution in [2.75, 3.05) is 12.0 Å². The summed E-state index contributed by atoms with van der Waals surface area (Å²) in [5.41, 5.74) is -0.371. The Labute approximate surface area is 124 Å². The van der Waals surface area contributed by atoms with Crippen molar-refractivity contribution in [2.24, 2.45) is 0 Å². The van der Waals surface area contributed by atoms with E-state index in [9.17, 15) is 9.59 Å². The number of nitrogens with one attached hydrogen (secondary N) is 2. The number of imide groups is 1. The molecule has 0 aliphatic rings. The summed E-state index contributed by atoms with van der Waals surface area (Å²) in [6.07, 6.45) is 1.92. The van der Waals surface area contributed by atoms with E-state index in [1.54, 1.807) is 0 Å². The third-order valence-electron chi connectivity index (χ3n) is 1.63. The van der Waals surface area contributed by atoms with Crippen molar-refractivity contribution >= 4 is 46.8 Å². The Balaban J connectivity index is 2.33. The normalized spacial score (nSPS) is 11.2. The van der Waals surface area contributed by atoms with Crippen LogP contribution < -0.4 is 10.6 Å². The minimum atomic E-state index is -0.486. The molecule has 0 aromatic carbocycles. The van der Waals surface area contributed by atoms with Gasteiger partial charge < -0.3 is 5.32 Å². The van der Waals surface area contributed by atoms with Crippen LogP contribution in [0.1, 0.15) is 20.8 Å². The molecule has 0 saturated heterocycles. The average Bonchev–Trinajstić information content (AvgIpc) is 2.71. The maximum atomic E-state index is 11.5. The first-order valence-corrected chi connectivity index (χ1v) is 8.45. The highest BCUT2D eigenvalue weighted by Gasteiger charge is 2.16. The van der Waals surface area contributed by atoms with Crippen molar-refractivity contribution in [1.29, 1.82) is 0 Å². The predicted molar refractivity (Wildman–Crippen MR) is 78.8 cm³/mol. The van der Waals surface area contributed by atoms with Crippen LogP contribution >= 0.6 is 34.9 Å². The summed E-state index contributed by atoms with van der Waals surface area (Å²) >= 11 is 4.20. The lowest BCUT2D eigenvalue weighted by Crippen LogP contribution is -2.48. The lowest BCUT2D eigenvalue weighted by Gasteiger charge is -2.20. The van der Waals surface area contributed by atoms with E-state index in [0.717, 1.165) is 8.68 Å². The Bertz CT molecular complexity index is 456. The number of aromatic nitrogens is 2. The maximum absolute atomic E-state index is 11.5. The molecule has 0 fully saturated rings. The highest BCUT2D eigenvalue weighted by molar-refractivity contribution is 8.03. The smallest absolute Gasteiger partial charge is 0.321 e. The van der Waals surface area contributed by atoms with Crippen molar-refractivity contribution in [3.63, 3.8) is 0 Å². The summed E-state index contributed by atoms with van der Waals surface area (Å²) in [7, 11) is 0. The lowest BCUT2D eigenvalue weighted by molar-refractivity contribution is -0.117. The molecule has 9 heteroatoms. The minimum absolute atomic E-state index is 0.139. The molecule has 0 aliphatic carbocycles. The number of urea groups is 1. The van der Waals surface area contributed by atoms with E-state index in [4.69, 9.17) is 0 Å². The number of rotatable bonds is 4. The summed E-state index contributed by atoms with van der Waals surface area (Å²) < 4.78 is 1.57. The van der Waals surface area contributed by atoms with Gasteiger partial charge in [0.15, 0.2) is 8.68 Å². The number of amides is 3. The predicted octanol–water partition coefficient (Wildman–Crippen LogP) is 1.98. The first-order chi connectivity index (χ1) is 8.80. The van der Waals surface area contributed by atoms with Crippen LogP contribution in [0, 0.1) is 0 Å². The molecule has 1 aromatic rings. The SMILES string of the molecule is CSc1nnc(SCC(=O)NC(=O)NC(C)(C)C)s1. The third-order valence-corrected chi connectivity index (χ3v) is 4.66. The van der Waals surface area contributed by atoms with E-state index in [1.807, 2.05) is 27.0 Å². The molecule has 6 nitrogen and oxygen atoms in total. The molecular formula is C10H16N4O2S3. The van der Waals surface area contributed by atoms with E-state index < -0.39 is 6.03 Å². The fourth-order valence-corrected chi connectivity index (χ4v) is 3.24. The van der Waals surface area contributed by atoms with E-state index in [2.05, 4.69) is 20.8 Å². The second-order valence-electron chi connectivity index (χ2n) is 4.58. The minimum Gasteiger partial charge on any atom is -0.333 e. The summed E-state index contributed by atoms with van der Waals surface area (Å²) in [5, 5.41) is 12.8. The summed E-state index contributed by atoms with van der Waals surface area (Å²) in [6, 6.07) is -0.486. The van der Waals surface area contributed by atoms with Crippen molar-refractivity contribution in [1.82, 2.24) is 20.8 Å². The fourth-order valence-electron chi connectivity index (χ4n) is 1.000. The van der Waals surface area contributed by atoms with E-state index >= 15 is 0 Å². The summed E-state index contributed by atoms with van der Waals surface area (Å²) in [4.78, 5) is 23.0. The van der Waals surface area contributed by atoms with Gasteiger partial charge in [-0.25, -0.2) is 4.79 Å². The Morgan fingerprint density at radius 2 is 1.89 bits per heavy atom. The quantitative estimate of drug-likeness (QED) is 0.825. The van der Waals surface area contributed by atoms with E-state index in [1.165, 1.54) is 34.9 Å². The van der Waals surface area contributed by atoms with Gasteiger partial charge in [0, 0.05) is 5.54 Å². The van der Waals surface area contributed by atoms with Gasteiger partial charge in [0.25, 0.3) is 0 Å². The zero-order valence-corrected chi connectivity index (χ0v) is 13.6. The molecule has 1 aromatic heterocycles. The van der Waals surface area contributed by atoms with E-state index in [0.29, 0.717) is 0 Å². The second kappa shape index (κ2) is 7.11. The number of thioether (sulfide) groups is 2. The Hall–Kier alpha value is -0.800. The number of hydrogen-bond donors (Lipinski definition) is 2. The molecule has 2 N–H and O–H groups in total. The monoisotopic (exact) mass is 320 g/mol. The first kappa shape index (κ1) is 16.3. The second-order valence-corrected chi connectivity index (χ2v) is 7.83. The van der Waals surface area contributed by atoms with Crippen molar-refractivity contribution < 1.29 is 9.59 Å². The van der Waals surface area contributed by atoms with Gasteiger partial charge in [-0.2, -0.15) is 0 Å². The summed E-state index contributed by atoms with van der Waals surface area (Å²) in [5.74, 6) is -0.215. The molecule has 0 atom stereocenters.